The molecule has 1 aliphatic carbocycles. The third-order valence-electron chi connectivity index (χ3n) is 4.06. The minimum atomic E-state index is -0.602. The fourth-order valence-corrected chi connectivity index (χ4v) is 3.65. The van der Waals surface area contributed by atoms with E-state index in [2.05, 4.69) is 45.9 Å². The first-order chi connectivity index (χ1) is 7.90. The lowest BCUT2D eigenvalue weighted by molar-refractivity contribution is -0.0367. The number of hydrogen-bond acceptors (Lipinski definition) is 1. The van der Waals surface area contributed by atoms with Crippen LogP contribution in [-0.4, -0.2) is 5.11 Å². The molecule has 2 atom stereocenters. The zero-order chi connectivity index (χ0) is 12.6. The summed E-state index contributed by atoms with van der Waals surface area (Å²) < 4.78 is 0. The molecule has 0 aliphatic heterocycles. The van der Waals surface area contributed by atoms with Crippen LogP contribution in [0.3, 0.4) is 0 Å². The number of hydrogen-bond donors (Lipinski definition) is 1. The van der Waals surface area contributed by atoms with Crippen molar-refractivity contribution in [1.29, 1.82) is 0 Å². The fraction of sp³-hybridized carbons (Fsp3) is 0.625. The highest BCUT2D eigenvalue weighted by atomic mass is 16.3. The Labute approximate surface area is 105 Å². The molecule has 1 aromatic rings. The lowest BCUT2D eigenvalue weighted by Crippen LogP contribution is -2.36. The summed E-state index contributed by atoms with van der Waals surface area (Å²) >= 11 is 0. The lowest BCUT2D eigenvalue weighted by Gasteiger charge is -2.40. The van der Waals surface area contributed by atoms with Crippen molar-refractivity contribution in [3.05, 3.63) is 34.9 Å². The van der Waals surface area contributed by atoms with E-state index in [0.29, 0.717) is 11.8 Å². The molecule has 1 nitrogen and oxygen atoms in total. The topological polar surface area (TPSA) is 20.2 Å². The maximum atomic E-state index is 11.0. The van der Waals surface area contributed by atoms with E-state index in [4.69, 9.17) is 0 Å². The van der Waals surface area contributed by atoms with Gasteiger partial charge in [-0.3, -0.25) is 0 Å². The molecule has 94 valence electrons. The number of aliphatic hydroxyl groups is 1. The molecule has 2 rings (SSSR count). The van der Waals surface area contributed by atoms with E-state index in [1.807, 2.05) is 0 Å². The molecule has 1 aromatic carbocycles. The Morgan fingerprint density at radius 1 is 1.12 bits per heavy atom. The van der Waals surface area contributed by atoms with Crippen molar-refractivity contribution in [2.45, 2.75) is 52.6 Å². The molecule has 0 amide bonds. The molecule has 2 unspecified atom stereocenters. The Kier molecular flexibility index (Phi) is 3.31. The van der Waals surface area contributed by atoms with Gasteiger partial charge in [0.25, 0.3) is 0 Å². The van der Waals surface area contributed by atoms with Gasteiger partial charge in [0.15, 0.2) is 0 Å². The maximum Gasteiger partial charge on any atom is 0.0904 e. The average molecular weight is 232 g/mol. The van der Waals surface area contributed by atoms with Crippen LogP contribution in [0, 0.1) is 25.7 Å². The van der Waals surface area contributed by atoms with Crippen LogP contribution in [0.15, 0.2) is 18.2 Å². The molecule has 0 spiro atoms. The molecule has 0 bridgehead atoms. The lowest BCUT2D eigenvalue weighted by atomic mass is 9.70. The van der Waals surface area contributed by atoms with Crippen molar-refractivity contribution < 1.29 is 5.11 Å². The fourth-order valence-electron chi connectivity index (χ4n) is 3.65. The second-order valence-electron chi connectivity index (χ2n) is 6.20. The number of aryl methyl sites for hydroxylation is 2. The van der Waals surface area contributed by atoms with Crippen LogP contribution in [0.25, 0.3) is 0 Å². The molecule has 1 N–H and O–H groups in total. The molecule has 1 fully saturated rings. The van der Waals surface area contributed by atoms with Gasteiger partial charge in [-0.2, -0.15) is 0 Å². The Morgan fingerprint density at radius 3 is 2.24 bits per heavy atom. The molecule has 0 radical (unpaired) electrons. The van der Waals surface area contributed by atoms with Crippen LogP contribution in [-0.2, 0) is 5.60 Å². The minimum Gasteiger partial charge on any atom is -0.385 e. The van der Waals surface area contributed by atoms with Crippen molar-refractivity contribution in [3.8, 4) is 0 Å². The molecule has 0 aromatic heterocycles. The monoisotopic (exact) mass is 232 g/mol. The molecule has 0 heterocycles. The molecule has 0 saturated heterocycles. The van der Waals surface area contributed by atoms with Crippen LogP contribution in [0.2, 0.25) is 0 Å². The SMILES string of the molecule is Cc1ccc(C2(O)CC(C)CC(C)C2)c(C)c1. The van der Waals surface area contributed by atoms with Gasteiger partial charge in [-0.05, 0) is 56.1 Å². The number of benzene rings is 1. The van der Waals surface area contributed by atoms with E-state index in [-0.39, 0.29) is 0 Å². The van der Waals surface area contributed by atoms with Crippen molar-refractivity contribution in [1.82, 2.24) is 0 Å². The first-order valence-corrected chi connectivity index (χ1v) is 6.71. The third-order valence-corrected chi connectivity index (χ3v) is 4.06. The van der Waals surface area contributed by atoms with E-state index >= 15 is 0 Å². The Hall–Kier alpha value is -0.820. The highest BCUT2D eigenvalue weighted by Crippen LogP contribution is 2.43. The Bertz CT molecular complexity index is 398. The summed E-state index contributed by atoms with van der Waals surface area (Å²) in [5.41, 5.74) is 3.04. The van der Waals surface area contributed by atoms with Crippen molar-refractivity contribution in [3.63, 3.8) is 0 Å². The highest BCUT2D eigenvalue weighted by Gasteiger charge is 2.38. The van der Waals surface area contributed by atoms with Crippen LogP contribution in [0.5, 0.6) is 0 Å². The third kappa shape index (κ3) is 2.55. The maximum absolute atomic E-state index is 11.0. The van der Waals surface area contributed by atoms with Crippen LogP contribution >= 0.6 is 0 Å². The highest BCUT2D eigenvalue weighted by molar-refractivity contribution is 5.35. The molecule has 1 aliphatic rings. The summed E-state index contributed by atoms with van der Waals surface area (Å²) in [6.45, 7) is 8.73. The van der Waals surface area contributed by atoms with Gasteiger partial charge < -0.3 is 5.11 Å². The summed E-state index contributed by atoms with van der Waals surface area (Å²) in [6, 6.07) is 6.41. The first-order valence-electron chi connectivity index (χ1n) is 6.71. The van der Waals surface area contributed by atoms with Gasteiger partial charge in [-0.15, -0.1) is 0 Å². The van der Waals surface area contributed by atoms with E-state index in [0.717, 1.165) is 18.4 Å². The van der Waals surface area contributed by atoms with E-state index in [1.165, 1.54) is 17.5 Å². The van der Waals surface area contributed by atoms with Crippen LogP contribution in [0.1, 0.15) is 49.8 Å². The Morgan fingerprint density at radius 2 is 1.71 bits per heavy atom. The zero-order valence-corrected chi connectivity index (χ0v) is 11.5. The van der Waals surface area contributed by atoms with Crippen molar-refractivity contribution >= 4 is 0 Å². The second kappa shape index (κ2) is 4.45. The summed E-state index contributed by atoms with van der Waals surface area (Å²) in [5, 5.41) is 11.0. The molecular formula is C16H24O. The average Bonchev–Trinajstić information content (AvgIpc) is 2.13. The summed E-state index contributed by atoms with van der Waals surface area (Å²) in [4.78, 5) is 0. The van der Waals surface area contributed by atoms with Crippen molar-refractivity contribution in [2.24, 2.45) is 11.8 Å². The first kappa shape index (κ1) is 12.6. The van der Waals surface area contributed by atoms with Crippen LogP contribution < -0.4 is 0 Å². The second-order valence-corrected chi connectivity index (χ2v) is 6.20. The van der Waals surface area contributed by atoms with E-state index < -0.39 is 5.60 Å². The smallest absolute Gasteiger partial charge is 0.0904 e. The van der Waals surface area contributed by atoms with E-state index in [1.54, 1.807) is 0 Å². The predicted octanol–water partition coefficient (Wildman–Crippen LogP) is 3.95. The van der Waals surface area contributed by atoms with Crippen LogP contribution in [0.4, 0.5) is 0 Å². The normalized spacial score (nSPS) is 33.7. The molecule has 1 saturated carbocycles. The standard InChI is InChI=1S/C16H24O/c1-11-5-6-15(14(4)8-11)16(17)9-12(2)7-13(3)10-16/h5-6,8,12-13,17H,7,9-10H2,1-4H3. The summed E-state index contributed by atoms with van der Waals surface area (Å²) in [5.74, 6) is 1.23. The van der Waals surface area contributed by atoms with Gasteiger partial charge in [-0.1, -0.05) is 37.6 Å². The van der Waals surface area contributed by atoms with Gasteiger partial charge >= 0.3 is 0 Å². The molecular weight excluding hydrogens is 208 g/mol. The molecule has 17 heavy (non-hydrogen) atoms. The predicted molar refractivity (Wildman–Crippen MR) is 72.0 cm³/mol. The minimum absolute atomic E-state index is 0.602. The zero-order valence-electron chi connectivity index (χ0n) is 11.5. The Balaban J connectivity index is 2.36. The van der Waals surface area contributed by atoms with Gasteiger partial charge in [0.2, 0.25) is 0 Å². The number of rotatable bonds is 1. The van der Waals surface area contributed by atoms with Gasteiger partial charge in [-0.25, -0.2) is 0 Å². The van der Waals surface area contributed by atoms with Gasteiger partial charge in [0.05, 0.1) is 5.60 Å². The van der Waals surface area contributed by atoms with Crippen molar-refractivity contribution in [2.75, 3.05) is 0 Å². The summed E-state index contributed by atoms with van der Waals surface area (Å²) in [6.07, 6.45) is 3.05. The molecule has 1 heteroatoms. The van der Waals surface area contributed by atoms with E-state index in [9.17, 15) is 5.11 Å². The quantitative estimate of drug-likeness (QED) is 0.777. The van der Waals surface area contributed by atoms with Gasteiger partial charge in [0, 0.05) is 0 Å². The summed E-state index contributed by atoms with van der Waals surface area (Å²) in [7, 11) is 0. The van der Waals surface area contributed by atoms with Gasteiger partial charge in [0.1, 0.15) is 0 Å². The largest absolute Gasteiger partial charge is 0.385 e.